The van der Waals surface area contributed by atoms with Crippen LogP contribution in [0, 0.1) is 5.82 Å². The van der Waals surface area contributed by atoms with Gasteiger partial charge in [0.15, 0.2) is 17.3 Å². The van der Waals surface area contributed by atoms with Crippen LogP contribution in [0.4, 0.5) is 4.39 Å². The van der Waals surface area contributed by atoms with Crippen molar-refractivity contribution in [1.82, 2.24) is 0 Å². The van der Waals surface area contributed by atoms with E-state index in [0.717, 1.165) is 6.07 Å². The molecule has 4 N–H and O–H groups in total. The number of nitrogens with two attached hydrogens (primary N) is 1. The van der Waals surface area contributed by atoms with E-state index in [2.05, 4.69) is 0 Å². The van der Waals surface area contributed by atoms with Crippen molar-refractivity contribution in [3.05, 3.63) is 23.5 Å². The van der Waals surface area contributed by atoms with Gasteiger partial charge in [-0.3, -0.25) is 0 Å². The van der Waals surface area contributed by atoms with E-state index in [1.807, 2.05) is 0 Å². The molecular formula is C9H12FNO2. The molecule has 0 saturated heterocycles. The van der Waals surface area contributed by atoms with Gasteiger partial charge in [-0.05, 0) is 31.0 Å². The molecule has 72 valence electrons. The Bertz CT molecular complexity index is 302. The fraction of sp³-hybridized carbons (Fsp3) is 0.333. The van der Waals surface area contributed by atoms with Gasteiger partial charge >= 0.3 is 0 Å². The minimum Gasteiger partial charge on any atom is -0.504 e. The predicted molar refractivity (Wildman–Crippen MR) is 47.1 cm³/mol. The van der Waals surface area contributed by atoms with Crippen LogP contribution < -0.4 is 5.73 Å². The maximum absolute atomic E-state index is 12.6. The summed E-state index contributed by atoms with van der Waals surface area (Å²) < 4.78 is 12.6. The minimum atomic E-state index is -0.811. The first-order valence-electron chi connectivity index (χ1n) is 4.06. The fourth-order valence-electron chi connectivity index (χ4n) is 1.09. The second-order valence-corrected chi connectivity index (χ2v) is 2.80. The van der Waals surface area contributed by atoms with Crippen LogP contribution in [-0.2, 0) is 6.42 Å². The summed E-state index contributed by atoms with van der Waals surface area (Å²) in [6.45, 7) is 0.498. The van der Waals surface area contributed by atoms with E-state index >= 15 is 0 Å². The number of phenols is 2. The lowest BCUT2D eigenvalue weighted by Gasteiger charge is -2.05. The molecular weight excluding hydrogens is 173 g/mol. The Labute approximate surface area is 75.6 Å². The zero-order valence-corrected chi connectivity index (χ0v) is 7.13. The van der Waals surface area contributed by atoms with E-state index in [1.165, 1.54) is 6.07 Å². The Morgan fingerprint density at radius 3 is 2.54 bits per heavy atom. The summed E-state index contributed by atoms with van der Waals surface area (Å²) in [6.07, 6.45) is 1.23. The Balaban J connectivity index is 2.90. The van der Waals surface area contributed by atoms with E-state index in [-0.39, 0.29) is 5.75 Å². The van der Waals surface area contributed by atoms with E-state index in [1.54, 1.807) is 0 Å². The standard InChI is InChI=1S/C9H12FNO2/c10-7-4-3-6(2-1-5-11)8(12)9(7)13/h3-4,12-13H,1-2,5,11H2. The van der Waals surface area contributed by atoms with Crippen LogP contribution in [0.1, 0.15) is 12.0 Å². The van der Waals surface area contributed by atoms with Gasteiger partial charge in [0.05, 0.1) is 0 Å². The van der Waals surface area contributed by atoms with Crippen molar-refractivity contribution in [2.75, 3.05) is 6.54 Å². The van der Waals surface area contributed by atoms with Crippen LogP contribution in [0.25, 0.3) is 0 Å². The number of phenolic OH excluding ortho intramolecular Hbond substituents is 2. The van der Waals surface area contributed by atoms with Crippen LogP contribution in [-0.4, -0.2) is 16.8 Å². The van der Waals surface area contributed by atoms with Gasteiger partial charge in [-0.1, -0.05) is 6.07 Å². The molecule has 0 aliphatic rings. The first kappa shape index (κ1) is 9.80. The molecule has 0 aliphatic carbocycles. The van der Waals surface area contributed by atoms with Gasteiger partial charge in [0.1, 0.15) is 0 Å². The molecule has 3 nitrogen and oxygen atoms in total. The molecule has 1 rings (SSSR count). The quantitative estimate of drug-likeness (QED) is 0.618. The van der Waals surface area contributed by atoms with Gasteiger partial charge in [-0.15, -0.1) is 0 Å². The zero-order chi connectivity index (χ0) is 9.84. The van der Waals surface area contributed by atoms with Gasteiger partial charge in [0.2, 0.25) is 0 Å². The maximum atomic E-state index is 12.6. The second-order valence-electron chi connectivity index (χ2n) is 2.80. The highest BCUT2D eigenvalue weighted by Crippen LogP contribution is 2.31. The molecule has 0 saturated carbocycles. The highest BCUT2D eigenvalue weighted by atomic mass is 19.1. The number of aryl methyl sites for hydroxylation is 1. The van der Waals surface area contributed by atoms with Crippen molar-refractivity contribution < 1.29 is 14.6 Å². The molecule has 0 aliphatic heterocycles. The van der Waals surface area contributed by atoms with Crippen LogP contribution in [0.2, 0.25) is 0 Å². The normalized spacial score (nSPS) is 10.3. The molecule has 0 radical (unpaired) electrons. The average molecular weight is 185 g/mol. The molecule has 0 amide bonds. The van der Waals surface area contributed by atoms with Gasteiger partial charge < -0.3 is 15.9 Å². The summed E-state index contributed by atoms with van der Waals surface area (Å²) in [5, 5.41) is 18.3. The molecule has 0 aromatic heterocycles. The summed E-state index contributed by atoms with van der Waals surface area (Å²) in [5.41, 5.74) is 5.79. The molecule has 13 heavy (non-hydrogen) atoms. The van der Waals surface area contributed by atoms with Crippen molar-refractivity contribution >= 4 is 0 Å². The molecule has 1 aromatic rings. The second kappa shape index (κ2) is 4.09. The largest absolute Gasteiger partial charge is 0.504 e. The molecule has 0 bridgehead atoms. The molecule has 0 atom stereocenters. The van der Waals surface area contributed by atoms with Gasteiger partial charge in [-0.25, -0.2) is 4.39 Å². The molecule has 0 heterocycles. The molecule has 0 fully saturated rings. The molecule has 4 heteroatoms. The summed E-state index contributed by atoms with van der Waals surface area (Å²) >= 11 is 0. The topological polar surface area (TPSA) is 66.5 Å². The Kier molecular flexibility index (Phi) is 3.08. The first-order valence-corrected chi connectivity index (χ1v) is 4.06. The third-order valence-electron chi connectivity index (χ3n) is 1.84. The molecule has 0 spiro atoms. The lowest BCUT2D eigenvalue weighted by molar-refractivity contribution is 0.375. The number of benzene rings is 1. The van der Waals surface area contributed by atoms with Crippen molar-refractivity contribution in [2.45, 2.75) is 12.8 Å². The number of hydrogen-bond donors (Lipinski definition) is 3. The van der Waals surface area contributed by atoms with Gasteiger partial charge in [0.25, 0.3) is 0 Å². The summed E-state index contributed by atoms with van der Waals surface area (Å²) in [5.74, 6) is -1.88. The molecule has 0 unspecified atom stereocenters. The van der Waals surface area contributed by atoms with Crippen molar-refractivity contribution in [3.63, 3.8) is 0 Å². The minimum absolute atomic E-state index is 0.381. The molecule has 1 aromatic carbocycles. The number of aromatic hydroxyl groups is 2. The van der Waals surface area contributed by atoms with E-state index < -0.39 is 11.6 Å². The van der Waals surface area contributed by atoms with Crippen LogP contribution in [0.3, 0.4) is 0 Å². The zero-order valence-electron chi connectivity index (χ0n) is 7.13. The fourth-order valence-corrected chi connectivity index (χ4v) is 1.09. The van der Waals surface area contributed by atoms with Gasteiger partial charge in [0, 0.05) is 0 Å². The first-order chi connectivity index (χ1) is 6.16. The van der Waals surface area contributed by atoms with Crippen molar-refractivity contribution in [2.24, 2.45) is 5.73 Å². The van der Waals surface area contributed by atoms with Crippen molar-refractivity contribution in [1.29, 1.82) is 0 Å². The van der Waals surface area contributed by atoms with E-state index in [9.17, 15) is 9.50 Å². The lowest BCUT2D eigenvalue weighted by atomic mass is 10.1. The van der Waals surface area contributed by atoms with E-state index in [0.29, 0.717) is 24.9 Å². The summed E-state index contributed by atoms with van der Waals surface area (Å²) in [7, 11) is 0. The third-order valence-corrected chi connectivity index (χ3v) is 1.84. The SMILES string of the molecule is NCCCc1ccc(F)c(O)c1O. The Hall–Kier alpha value is -1.29. The number of rotatable bonds is 3. The highest BCUT2D eigenvalue weighted by molar-refractivity contribution is 5.45. The van der Waals surface area contributed by atoms with E-state index in [4.69, 9.17) is 10.8 Å². The summed E-state index contributed by atoms with van der Waals surface area (Å²) in [6, 6.07) is 2.57. The van der Waals surface area contributed by atoms with Crippen molar-refractivity contribution in [3.8, 4) is 11.5 Å². The lowest BCUT2D eigenvalue weighted by Crippen LogP contribution is -2.00. The van der Waals surface area contributed by atoms with Crippen LogP contribution in [0.5, 0.6) is 11.5 Å². The summed E-state index contributed by atoms with van der Waals surface area (Å²) in [4.78, 5) is 0. The van der Waals surface area contributed by atoms with Crippen LogP contribution in [0.15, 0.2) is 12.1 Å². The third kappa shape index (κ3) is 2.09. The van der Waals surface area contributed by atoms with Gasteiger partial charge in [-0.2, -0.15) is 0 Å². The number of hydrogen-bond acceptors (Lipinski definition) is 3. The number of halogens is 1. The highest BCUT2D eigenvalue weighted by Gasteiger charge is 2.10. The Morgan fingerprint density at radius 2 is 1.92 bits per heavy atom. The predicted octanol–water partition coefficient (Wildman–Crippen LogP) is 1.13. The van der Waals surface area contributed by atoms with Crippen LogP contribution >= 0.6 is 0 Å². The Morgan fingerprint density at radius 1 is 1.23 bits per heavy atom. The monoisotopic (exact) mass is 185 g/mol. The average Bonchev–Trinajstić information content (AvgIpc) is 2.13. The maximum Gasteiger partial charge on any atom is 0.194 e. The smallest absolute Gasteiger partial charge is 0.194 e.